The summed E-state index contributed by atoms with van der Waals surface area (Å²) in [6, 6.07) is 29.1. The number of hydrogen-bond donors (Lipinski definition) is 0. The van der Waals surface area contributed by atoms with Gasteiger partial charge in [0.25, 0.3) is 0 Å². The Hall–Kier alpha value is -3.45. The summed E-state index contributed by atoms with van der Waals surface area (Å²) >= 11 is 0. The number of hydrogen-bond acceptors (Lipinski definition) is 1. The van der Waals surface area contributed by atoms with Gasteiger partial charge in [0.2, 0.25) is 0 Å². The number of fused-ring (bicyclic) bond motifs is 6. The van der Waals surface area contributed by atoms with E-state index < -0.39 is 0 Å². The van der Waals surface area contributed by atoms with Crippen LogP contribution in [0.2, 0.25) is 0 Å². The molecule has 1 heterocycles. The lowest BCUT2D eigenvalue weighted by atomic mass is 9.78. The van der Waals surface area contributed by atoms with Crippen LogP contribution in [0.3, 0.4) is 0 Å². The Morgan fingerprint density at radius 1 is 0.667 bits per heavy atom. The Kier molecular flexibility index (Phi) is 4.14. The van der Waals surface area contributed by atoms with Gasteiger partial charge in [0.05, 0.1) is 5.69 Å². The van der Waals surface area contributed by atoms with E-state index >= 15 is 0 Å². The molecule has 4 aromatic carbocycles. The van der Waals surface area contributed by atoms with Crippen molar-refractivity contribution in [3.05, 3.63) is 102 Å². The molecule has 1 nitrogen and oxygen atoms in total. The summed E-state index contributed by atoms with van der Waals surface area (Å²) in [4.78, 5) is 4.96. The van der Waals surface area contributed by atoms with E-state index in [-0.39, 0.29) is 10.8 Å². The van der Waals surface area contributed by atoms with Crippen LogP contribution in [-0.4, -0.2) is 4.98 Å². The molecule has 0 saturated heterocycles. The molecule has 0 bridgehead atoms. The highest BCUT2D eigenvalue weighted by atomic mass is 14.7. The maximum atomic E-state index is 4.96. The lowest BCUT2D eigenvalue weighted by Crippen LogP contribution is -2.17. The Morgan fingerprint density at radius 3 is 2.21 bits per heavy atom. The first-order chi connectivity index (χ1) is 15.7. The third-order valence-corrected chi connectivity index (χ3v) is 7.40. The quantitative estimate of drug-likeness (QED) is 0.261. The molecule has 162 valence electrons. The third-order valence-electron chi connectivity index (χ3n) is 7.40. The summed E-state index contributed by atoms with van der Waals surface area (Å²) in [5.41, 5.74) is 9.05. The molecule has 1 aliphatic rings. The van der Waals surface area contributed by atoms with Gasteiger partial charge in [-0.15, -0.1) is 0 Å². The molecule has 1 heteroatoms. The molecule has 0 saturated carbocycles. The summed E-state index contributed by atoms with van der Waals surface area (Å²) in [7, 11) is 0. The van der Waals surface area contributed by atoms with Gasteiger partial charge < -0.3 is 0 Å². The average molecular weight is 428 g/mol. The van der Waals surface area contributed by atoms with Gasteiger partial charge in [0, 0.05) is 17.2 Å². The van der Waals surface area contributed by atoms with Crippen LogP contribution in [0.1, 0.15) is 51.3 Å². The second-order valence-corrected chi connectivity index (χ2v) is 10.9. The van der Waals surface area contributed by atoms with Gasteiger partial charge in [0.1, 0.15) is 0 Å². The third kappa shape index (κ3) is 2.95. The van der Waals surface area contributed by atoms with Crippen LogP contribution < -0.4 is 0 Å². The topological polar surface area (TPSA) is 12.9 Å². The zero-order valence-electron chi connectivity index (χ0n) is 20.0. The van der Waals surface area contributed by atoms with E-state index in [9.17, 15) is 0 Å². The predicted molar refractivity (Wildman–Crippen MR) is 141 cm³/mol. The molecule has 0 N–H and O–H groups in total. The van der Waals surface area contributed by atoms with Gasteiger partial charge in [-0.1, -0.05) is 101 Å². The van der Waals surface area contributed by atoms with Gasteiger partial charge >= 0.3 is 0 Å². The highest BCUT2D eigenvalue weighted by Crippen LogP contribution is 2.53. The summed E-state index contributed by atoms with van der Waals surface area (Å²) in [5.74, 6) is 0. The number of benzene rings is 4. The SMILES string of the molecule is CC(C)(C)c1ccc2ccc(-c3nccc4c3C(C)(C)c3c-4ccc4ccccc34)cc2c1. The number of rotatable bonds is 1. The van der Waals surface area contributed by atoms with Crippen molar-refractivity contribution >= 4 is 21.5 Å². The minimum Gasteiger partial charge on any atom is -0.256 e. The molecule has 1 aliphatic carbocycles. The maximum absolute atomic E-state index is 4.96. The lowest BCUT2D eigenvalue weighted by Gasteiger charge is -2.25. The monoisotopic (exact) mass is 427 g/mol. The van der Waals surface area contributed by atoms with E-state index in [0.717, 1.165) is 5.69 Å². The zero-order valence-corrected chi connectivity index (χ0v) is 20.0. The molecule has 0 aliphatic heterocycles. The zero-order chi connectivity index (χ0) is 23.0. The lowest BCUT2D eigenvalue weighted by molar-refractivity contribution is 0.591. The van der Waals surface area contributed by atoms with Crippen LogP contribution in [0.4, 0.5) is 0 Å². The molecule has 6 rings (SSSR count). The maximum Gasteiger partial charge on any atom is 0.0749 e. The fourth-order valence-electron chi connectivity index (χ4n) is 5.69. The van der Waals surface area contributed by atoms with Crippen LogP contribution in [0, 0.1) is 0 Å². The molecular weight excluding hydrogens is 398 g/mol. The van der Waals surface area contributed by atoms with E-state index in [1.165, 1.54) is 54.9 Å². The highest BCUT2D eigenvalue weighted by molar-refractivity contribution is 5.99. The van der Waals surface area contributed by atoms with E-state index in [1.807, 2.05) is 6.20 Å². The largest absolute Gasteiger partial charge is 0.256 e. The van der Waals surface area contributed by atoms with Crippen molar-refractivity contribution in [2.75, 3.05) is 0 Å². The standard InChI is InChI=1S/C32H29N/c1-31(2,3)24-14-12-20-10-11-22(18-23(20)19-24)30-29-27(16-17-33-30)26-15-13-21-8-6-7-9-25(21)28(26)32(29,4)5/h6-19H,1-5H3. The number of nitrogens with zero attached hydrogens (tertiary/aromatic N) is 1. The Balaban J connectivity index is 1.59. The van der Waals surface area contributed by atoms with Crippen molar-refractivity contribution in [2.24, 2.45) is 0 Å². The van der Waals surface area contributed by atoms with E-state index in [1.54, 1.807) is 0 Å². The van der Waals surface area contributed by atoms with Crippen molar-refractivity contribution in [3.8, 4) is 22.4 Å². The van der Waals surface area contributed by atoms with Crippen molar-refractivity contribution in [1.82, 2.24) is 4.98 Å². The Labute approximate surface area is 196 Å². The van der Waals surface area contributed by atoms with Crippen LogP contribution in [0.25, 0.3) is 43.9 Å². The Morgan fingerprint density at radius 2 is 1.39 bits per heavy atom. The first-order valence-corrected chi connectivity index (χ1v) is 11.8. The van der Waals surface area contributed by atoms with Crippen molar-refractivity contribution in [2.45, 2.75) is 45.4 Å². The fourth-order valence-corrected chi connectivity index (χ4v) is 5.69. The molecule has 1 aromatic heterocycles. The smallest absolute Gasteiger partial charge is 0.0749 e. The minimum absolute atomic E-state index is 0.126. The van der Waals surface area contributed by atoms with Crippen molar-refractivity contribution in [3.63, 3.8) is 0 Å². The normalized spacial score (nSPS) is 14.5. The summed E-state index contributed by atoms with van der Waals surface area (Å²) in [6.07, 6.45) is 1.98. The molecule has 5 aromatic rings. The summed E-state index contributed by atoms with van der Waals surface area (Å²) in [5, 5.41) is 5.19. The highest BCUT2D eigenvalue weighted by Gasteiger charge is 2.39. The molecular formula is C32H29N. The molecule has 0 spiro atoms. The van der Waals surface area contributed by atoms with Crippen molar-refractivity contribution < 1.29 is 0 Å². The molecule has 0 amide bonds. The summed E-state index contributed by atoms with van der Waals surface area (Å²) in [6.45, 7) is 11.5. The van der Waals surface area contributed by atoms with Crippen LogP contribution in [0.5, 0.6) is 0 Å². The van der Waals surface area contributed by atoms with Crippen LogP contribution >= 0.6 is 0 Å². The summed E-state index contributed by atoms with van der Waals surface area (Å²) < 4.78 is 0. The first-order valence-electron chi connectivity index (χ1n) is 11.8. The van der Waals surface area contributed by atoms with Crippen LogP contribution in [-0.2, 0) is 10.8 Å². The van der Waals surface area contributed by atoms with Gasteiger partial charge in [-0.25, -0.2) is 0 Å². The van der Waals surface area contributed by atoms with Gasteiger partial charge in [-0.3, -0.25) is 4.98 Å². The first kappa shape index (κ1) is 20.2. The average Bonchev–Trinajstić information content (AvgIpc) is 3.05. The van der Waals surface area contributed by atoms with Gasteiger partial charge in [-0.2, -0.15) is 0 Å². The van der Waals surface area contributed by atoms with Crippen LogP contribution in [0.15, 0.2) is 85.1 Å². The van der Waals surface area contributed by atoms with E-state index in [4.69, 9.17) is 4.98 Å². The molecule has 0 radical (unpaired) electrons. The second-order valence-electron chi connectivity index (χ2n) is 10.9. The van der Waals surface area contributed by atoms with E-state index in [0.29, 0.717) is 0 Å². The molecule has 0 unspecified atom stereocenters. The number of aromatic nitrogens is 1. The fraction of sp³-hybridized carbons (Fsp3) is 0.219. The second kappa shape index (κ2) is 6.78. The molecule has 0 atom stereocenters. The molecule has 0 fully saturated rings. The predicted octanol–water partition coefficient (Wildman–Crippen LogP) is 8.66. The minimum atomic E-state index is -0.128. The molecule has 33 heavy (non-hydrogen) atoms. The van der Waals surface area contributed by atoms with Gasteiger partial charge in [-0.05, 0) is 66.9 Å². The number of pyridine rings is 1. The van der Waals surface area contributed by atoms with E-state index in [2.05, 4.69) is 113 Å². The Bertz CT molecular complexity index is 1560. The van der Waals surface area contributed by atoms with Crippen molar-refractivity contribution in [1.29, 1.82) is 0 Å². The van der Waals surface area contributed by atoms with Gasteiger partial charge in [0.15, 0.2) is 0 Å².